The number of halogens is 2. The summed E-state index contributed by atoms with van der Waals surface area (Å²) < 4.78 is 32.6. The van der Waals surface area contributed by atoms with Crippen LogP contribution in [-0.4, -0.2) is 18.5 Å². The number of benzene rings is 2. The van der Waals surface area contributed by atoms with Crippen molar-refractivity contribution in [1.82, 2.24) is 5.32 Å². The van der Waals surface area contributed by atoms with E-state index >= 15 is 0 Å². The van der Waals surface area contributed by atoms with E-state index in [2.05, 4.69) is 10.6 Å². The number of rotatable bonds is 5. The Labute approximate surface area is 138 Å². The number of hydrogen-bond acceptors (Lipinski definition) is 3. The molecule has 1 amide bonds. The van der Waals surface area contributed by atoms with E-state index in [0.717, 1.165) is 19.4 Å². The van der Waals surface area contributed by atoms with Crippen molar-refractivity contribution in [2.45, 2.75) is 25.5 Å². The van der Waals surface area contributed by atoms with Crippen molar-refractivity contribution in [3.63, 3.8) is 0 Å². The number of ether oxygens (including phenoxy) is 1. The van der Waals surface area contributed by atoms with Crippen LogP contribution >= 0.6 is 0 Å². The van der Waals surface area contributed by atoms with Crippen LogP contribution < -0.4 is 15.4 Å². The minimum Gasteiger partial charge on any atom is -0.486 e. The van der Waals surface area contributed by atoms with E-state index in [4.69, 9.17) is 4.74 Å². The number of hydrogen-bond donors (Lipinski definition) is 2. The molecule has 24 heavy (non-hydrogen) atoms. The molecule has 1 heterocycles. The van der Waals surface area contributed by atoms with Crippen LogP contribution in [-0.2, 0) is 11.4 Å². The van der Waals surface area contributed by atoms with E-state index in [1.54, 1.807) is 18.2 Å². The quantitative estimate of drug-likeness (QED) is 0.884. The molecule has 0 saturated carbocycles. The normalized spacial score (nSPS) is 16.8. The second-order valence-electron chi connectivity index (χ2n) is 5.70. The van der Waals surface area contributed by atoms with E-state index in [9.17, 15) is 13.6 Å². The summed E-state index contributed by atoms with van der Waals surface area (Å²) in [5.41, 5.74) is 0.989. The topological polar surface area (TPSA) is 50.4 Å². The Morgan fingerprint density at radius 2 is 2.12 bits per heavy atom. The van der Waals surface area contributed by atoms with Gasteiger partial charge in [-0.25, -0.2) is 8.78 Å². The van der Waals surface area contributed by atoms with Gasteiger partial charge in [0.1, 0.15) is 12.4 Å². The van der Waals surface area contributed by atoms with Crippen molar-refractivity contribution in [1.29, 1.82) is 0 Å². The molecule has 3 rings (SSSR count). The molecule has 0 spiro atoms. The highest BCUT2D eigenvalue weighted by Gasteiger charge is 2.22. The molecule has 1 aliphatic heterocycles. The molecule has 0 aliphatic carbocycles. The van der Waals surface area contributed by atoms with Crippen LogP contribution in [0.25, 0.3) is 0 Å². The van der Waals surface area contributed by atoms with Crippen molar-refractivity contribution in [2.24, 2.45) is 0 Å². The van der Waals surface area contributed by atoms with Gasteiger partial charge in [0.05, 0.1) is 6.04 Å². The molecule has 1 atom stereocenters. The van der Waals surface area contributed by atoms with Gasteiger partial charge in [-0.15, -0.1) is 0 Å². The molecule has 2 aromatic carbocycles. The van der Waals surface area contributed by atoms with E-state index < -0.39 is 5.82 Å². The van der Waals surface area contributed by atoms with E-state index in [-0.39, 0.29) is 30.1 Å². The van der Waals surface area contributed by atoms with Gasteiger partial charge in [0.15, 0.2) is 11.6 Å². The average Bonchev–Trinajstić information content (AvgIpc) is 3.09. The van der Waals surface area contributed by atoms with Gasteiger partial charge in [-0.05, 0) is 49.2 Å². The van der Waals surface area contributed by atoms with E-state index in [1.807, 2.05) is 0 Å². The van der Waals surface area contributed by atoms with Crippen molar-refractivity contribution in [2.75, 3.05) is 11.9 Å². The first-order valence-electron chi connectivity index (χ1n) is 7.83. The Kier molecular flexibility index (Phi) is 5.05. The highest BCUT2D eigenvalue weighted by molar-refractivity contribution is 5.95. The van der Waals surface area contributed by atoms with Crippen molar-refractivity contribution >= 4 is 11.6 Å². The molecular formula is C18H18F2N2O2. The molecule has 0 bridgehead atoms. The molecule has 6 heteroatoms. The Hall–Kier alpha value is -2.47. The third-order valence-corrected chi connectivity index (χ3v) is 3.86. The fourth-order valence-corrected chi connectivity index (χ4v) is 2.62. The summed E-state index contributed by atoms with van der Waals surface area (Å²) in [6.07, 6.45) is 1.74. The predicted octanol–water partition coefficient (Wildman–Crippen LogP) is 3.23. The maximum Gasteiger partial charge on any atom is 0.241 e. The lowest BCUT2D eigenvalue weighted by Crippen LogP contribution is -2.35. The van der Waals surface area contributed by atoms with Crippen LogP contribution in [0.2, 0.25) is 0 Å². The fraction of sp³-hybridized carbons (Fsp3) is 0.278. The third-order valence-electron chi connectivity index (χ3n) is 3.86. The zero-order valence-electron chi connectivity index (χ0n) is 13.0. The minimum atomic E-state index is -0.580. The van der Waals surface area contributed by atoms with Crippen LogP contribution in [0.5, 0.6) is 5.75 Å². The molecule has 0 radical (unpaired) electrons. The summed E-state index contributed by atoms with van der Waals surface area (Å²) in [7, 11) is 0. The third kappa shape index (κ3) is 4.08. The summed E-state index contributed by atoms with van der Waals surface area (Å²) in [4.78, 5) is 12.0. The van der Waals surface area contributed by atoms with Crippen LogP contribution in [0.4, 0.5) is 14.5 Å². The summed E-state index contributed by atoms with van der Waals surface area (Å²) in [5, 5.41) is 5.77. The summed E-state index contributed by atoms with van der Waals surface area (Å²) in [6.45, 7) is 0.881. The molecule has 2 aromatic rings. The Bertz CT molecular complexity index is 731. The molecule has 1 saturated heterocycles. The molecule has 0 aromatic heterocycles. The summed E-state index contributed by atoms with van der Waals surface area (Å²) in [5.74, 6) is -1.06. The summed E-state index contributed by atoms with van der Waals surface area (Å²) >= 11 is 0. The van der Waals surface area contributed by atoms with Crippen molar-refractivity contribution in [3.8, 4) is 5.75 Å². The van der Waals surface area contributed by atoms with Gasteiger partial charge < -0.3 is 15.4 Å². The lowest BCUT2D eigenvalue weighted by atomic mass is 10.2. The van der Waals surface area contributed by atoms with E-state index in [0.29, 0.717) is 11.3 Å². The van der Waals surface area contributed by atoms with Crippen LogP contribution in [0.15, 0.2) is 42.5 Å². The maximum absolute atomic E-state index is 14.1. The first kappa shape index (κ1) is 16.4. The summed E-state index contributed by atoms with van der Waals surface area (Å²) in [6, 6.07) is 9.96. The van der Waals surface area contributed by atoms with Crippen molar-refractivity contribution < 1.29 is 18.3 Å². The highest BCUT2D eigenvalue weighted by Crippen LogP contribution is 2.23. The number of carbonyl (C=O) groups excluding carboxylic acids is 1. The highest BCUT2D eigenvalue weighted by atomic mass is 19.1. The maximum atomic E-state index is 14.1. The Morgan fingerprint density at radius 1 is 1.25 bits per heavy atom. The zero-order chi connectivity index (χ0) is 16.9. The number of amides is 1. The molecule has 1 unspecified atom stereocenters. The lowest BCUT2D eigenvalue weighted by Gasteiger charge is -2.12. The standard InChI is InChI=1S/C18H18F2N2O2/c19-13-4-1-3-12(9-13)11-24-17-7-6-14(10-15(17)20)22-18(23)16-5-2-8-21-16/h1,3-4,6-7,9-10,16,21H,2,5,8,11H2,(H,22,23). The SMILES string of the molecule is O=C(Nc1ccc(OCc2cccc(F)c2)c(F)c1)C1CCCN1. The van der Waals surface area contributed by atoms with Crippen LogP contribution in [0.3, 0.4) is 0 Å². The first-order valence-corrected chi connectivity index (χ1v) is 7.83. The molecular weight excluding hydrogens is 314 g/mol. The smallest absolute Gasteiger partial charge is 0.241 e. The van der Waals surface area contributed by atoms with Gasteiger partial charge >= 0.3 is 0 Å². The fourth-order valence-electron chi connectivity index (χ4n) is 2.62. The minimum absolute atomic E-state index is 0.0521. The van der Waals surface area contributed by atoms with Crippen molar-refractivity contribution in [3.05, 3.63) is 59.7 Å². The van der Waals surface area contributed by atoms with Gasteiger partial charge in [-0.3, -0.25) is 4.79 Å². The molecule has 2 N–H and O–H groups in total. The van der Waals surface area contributed by atoms with Crippen LogP contribution in [0.1, 0.15) is 18.4 Å². The van der Waals surface area contributed by atoms with E-state index in [1.165, 1.54) is 24.3 Å². The monoisotopic (exact) mass is 332 g/mol. The van der Waals surface area contributed by atoms with Gasteiger partial charge in [0.2, 0.25) is 5.91 Å². The van der Waals surface area contributed by atoms with Gasteiger partial charge in [-0.2, -0.15) is 0 Å². The number of anilines is 1. The molecule has 1 aliphatic rings. The van der Waals surface area contributed by atoms with Gasteiger partial charge in [0, 0.05) is 11.8 Å². The zero-order valence-corrected chi connectivity index (χ0v) is 13.0. The number of nitrogens with one attached hydrogen (secondary N) is 2. The van der Waals surface area contributed by atoms with Crippen LogP contribution in [0, 0.1) is 11.6 Å². The molecule has 4 nitrogen and oxygen atoms in total. The first-order chi connectivity index (χ1) is 11.6. The Morgan fingerprint density at radius 3 is 2.83 bits per heavy atom. The molecule has 1 fully saturated rings. The second-order valence-corrected chi connectivity index (χ2v) is 5.70. The predicted molar refractivity (Wildman–Crippen MR) is 86.8 cm³/mol. The number of carbonyl (C=O) groups is 1. The largest absolute Gasteiger partial charge is 0.486 e. The lowest BCUT2D eigenvalue weighted by molar-refractivity contribution is -0.117. The molecule has 126 valence electrons. The van der Waals surface area contributed by atoms with Gasteiger partial charge in [-0.1, -0.05) is 12.1 Å². The second kappa shape index (κ2) is 7.40. The average molecular weight is 332 g/mol. The van der Waals surface area contributed by atoms with Gasteiger partial charge in [0.25, 0.3) is 0 Å². The Balaban J connectivity index is 1.60.